The third-order valence-electron chi connectivity index (χ3n) is 7.48. The normalized spacial score (nSPS) is 18.6. The molecule has 2 aromatic carbocycles. The molecule has 4 heteroatoms. The molecular weight excluding hydrogens is 408 g/mol. The van der Waals surface area contributed by atoms with E-state index in [-0.39, 0.29) is 10.8 Å². The van der Waals surface area contributed by atoms with Gasteiger partial charge in [0.1, 0.15) is 12.0 Å². The first kappa shape index (κ1) is 23.5. The highest BCUT2D eigenvalue weighted by atomic mass is 16.5. The van der Waals surface area contributed by atoms with E-state index < -0.39 is 0 Å². The second-order valence-electron chi connectivity index (χ2n) is 10.8. The van der Waals surface area contributed by atoms with Gasteiger partial charge in [0.25, 0.3) is 0 Å². The lowest BCUT2D eigenvalue weighted by molar-refractivity contribution is -0.107. The number of carbonyl (C=O) groups excluding carboxylic acids is 1. The van der Waals surface area contributed by atoms with Gasteiger partial charge in [0.2, 0.25) is 0 Å². The molecule has 0 fully saturated rings. The van der Waals surface area contributed by atoms with Crippen molar-refractivity contribution in [3.63, 3.8) is 0 Å². The van der Waals surface area contributed by atoms with Gasteiger partial charge in [0.15, 0.2) is 5.90 Å². The third-order valence-corrected chi connectivity index (χ3v) is 7.48. The van der Waals surface area contributed by atoms with Crippen LogP contribution in [0.15, 0.2) is 35.3 Å². The molecule has 2 aromatic rings. The highest BCUT2D eigenvalue weighted by Crippen LogP contribution is 2.53. The fourth-order valence-electron chi connectivity index (χ4n) is 5.24. The summed E-state index contributed by atoms with van der Waals surface area (Å²) < 4.78 is 6.73. The molecule has 0 unspecified atom stereocenters. The molecule has 0 N–H and O–H groups in total. The second kappa shape index (κ2) is 8.96. The van der Waals surface area contributed by atoms with Crippen molar-refractivity contribution in [2.45, 2.75) is 84.5 Å². The summed E-state index contributed by atoms with van der Waals surface area (Å²) in [6, 6.07) is 10.5. The van der Waals surface area contributed by atoms with Gasteiger partial charge in [-0.15, -0.1) is 0 Å². The number of ether oxygens (including phenoxy) is 1. The van der Waals surface area contributed by atoms with E-state index in [9.17, 15) is 4.79 Å². The minimum atomic E-state index is -0.0119. The molecule has 33 heavy (non-hydrogen) atoms. The summed E-state index contributed by atoms with van der Waals surface area (Å²) in [5.74, 6) is 1.65. The van der Waals surface area contributed by atoms with Crippen molar-refractivity contribution >= 4 is 23.6 Å². The molecule has 2 heterocycles. The van der Waals surface area contributed by atoms with E-state index in [1.807, 2.05) is 18.2 Å². The first-order chi connectivity index (χ1) is 15.7. The summed E-state index contributed by atoms with van der Waals surface area (Å²) in [7, 11) is 0. The van der Waals surface area contributed by atoms with Crippen molar-refractivity contribution in [3.8, 4) is 5.75 Å². The average Bonchev–Trinajstić information content (AvgIpc) is 2.77. The lowest BCUT2D eigenvalue weighted by Crippen LogP contribution is -2.45. The number of carbonyl (C=O) groups is 1. The van der Waals surface area contributed by atoms with Crippen LogP contribution in [0.3, 0.4) is 0 Å². The van der Waals surface area contributed by atoms with Crippen LogP contribution in [0, 0.1) is 6.92 Å². The van der Waals surface area contributed by atoms with E-state index in [1.54, 1.807) is 0 Å². The Morgan fingerprint density at radius 1 is 1.12 bits per heavy atom. The molecular formula is C29H38N2O2. The smallest absolute Gasteiger partial charge is 0.194 e. The topological polar surface area (TPSA) is 41.9 Å². The highest BCUT2D eigenvalue weighted by Gasteiger charge is 2.42. The Bertz CT molecular complexity index is 1080. The van der Waals surface area contributed by atoms with Crippen molar-refractivity contribution in [1.29, 1.82) is 0 Å². The van der Waals surface area contributed by atoms with Crippen LogP contribution in [0.4, 0.5) is 11.4 Å². The fourth-order valence-corrected chi connectivity index (χ4v) is 5.24. The molecule has 2 aliphatic rings. The molecule has 2 aliphatic heterocycles. The van der Waals surface area contributed by atoms with Gasteiger partial charge >= 0.3 is 0 Å². The number of nitrogens with zero attached hydrogens (tertiary/aromatic N) is 2. The monoisotopic (exact) mass is 446 g/mol. The zero-order chi connectivity index (χ0) is 23.8. The van der Waals surface area contributed by atoms with Crippen molar-refractivity contribution < 1.29 is 9.53 Å². The first-order valence-corrected chi connectivity index (χ1v) is 12.4. The SMILES string of the molecule is CCC(=Nc1ccccc1C)Oc1c(CCC=O)cc2c3c1C(C)(C)CCN3CCC2(C)C. The molecule has 0 saturated heterocycles. The van der Waals surface area contributed by atoms with E-state index in [1.165, 1.54) is 16.8 Å². The number of para-hydroxylation sites is 1. The van der Waals surface area contributed by atoms with Gasteiger partial charge in [0.05, 0.1) is 5.69 Å². The van der Waals surface area contributed by atoms with Crippen molar-refractivity contribution in [2.75, 3.05) is 18.0 Å². The summed E-state index contributed by atoms with van der Waals surface area (Å²) in [4.78, 5) is 18.8. The van der Waals surface area contributed by atoms with Crippen molar-refractivity contribution in [3.05, 3.63) is 52.6 Å². The molecule has 4 nitrogen and oxygen atoms in total. The van der Waals surface area contributed by atoms with Gasteiger partial charge in [-0.05, 0) is 65.8 Å². The van der Waals surface area contributed by atoms with Crippen LogP contribution < -0.4 is 9.64 Å². The zero-order valence-electron chi connectivity index (χ0n) is 21.1. The van der Waals surface area contributed by atoms with E-state index in [0.717, 1.165) is 60.7 Å². The maximum absolute atomic E-state index is 11.3. The number of rotatable bonds is 6. The number of aldehydes is 1. The molecule has 0 aliphatic carbocycles. The molecule has 0 amide bonds. The van der Waals surface area contributed by atoms with Crippen LogP contribution in [0.1, 0.15) is 82.6 Å². The second-order valence-corrected chi connectivity index (χ2v) is 10.8. The van der Waals surface area contributed by atoms with E-state index in [2.05, 4.69) is 58.6 Å². The number of hydrogen-bond acceptors (Lipinski definition) is 4. The summed E-state index contributed by atoms with van der Waals surface area (Å²) in [6.45, 7) is 15.7. The van der Waals surface area contributed by atoms with Crippen molar-refractivity contribution in [2.24, 2.45) is 4.99 Å². The van der Waals surface area contributed by atoms with E-state index >= 15 is 0 Å². The third kappa shape index (κ3) is 4.45. The van der Waals surface area contributed by atoms with Crippen molar-refractivity contribution in [1.82, 2.24) is 0 Å². The Labute approximate surface area is 199 Å². The Morgan fingerprint density at radius 2 is 1.82 bits per heavy atom. The maximum Gasteiger partial charge on any atom is 0.194 e. The van der Waals surface area contributed by atoms with Crippen LogP contribution in [0.5, 0.6) is 5.75 Å². The number of hydrogen-bond donors (Lipinski definition) is 0. The average molecular weight is 447 g/mol. The number of anilines is 1. The van der Waals surface area contributed by atoms with Crippen LogP contribution in [-0.2, 0) is 22.0 Å². The minimum absolute atomic E-state index is 0.0119. The Morgan fingerprint density at radius 3 is 2.48 bits per heavy atom. The predicted octanol–water partition coefficient (Wildman–Crippen LogP) is 6.81. The fraction of sp³-hybridized carbons (Fsp3) is 0.517. The molecule has 0 saturated carbocycles. The predicted molar refractivity (Wildman–Crippen MR) is 138 cm³/mol. The van der Waals surface area contributed by atoms with Crippen LogP contribution in [0.25, 0.3) is 0 Å². The van der Waals surface area contributed by atoms with Crippen LogP contribution >= 0.6 is 0 Å². The van der Waals surface area contributed by atoms with E-state index in [4.69, 9.17) is 9.73 Å². The maximum atomic E-state index is 11.3. The largest absolute Gasteiger partial charge is 0.442 e. The summed E-state index contributed by atoms with van der Waals surface area (Å²) in [5.41, 5.74) is 7.36. The molecule has 176 valence electrons. The molecule has 0 atom stereocenters. The zero-order valence-corrected chi connectivity index (χ0v) is 21.1. The summed E-state index contributed by atoms with van der Waals surface area (Å²) in [6.07, 6.45) is 5.13. The molecule has 0 radical (unpaired) electrons. The number of aliphatic imine (C=N–C) groups is 1. The molecule has 0 bridgehead atoms. The van der Waals surface area contributed by atoms with Gasteiger partial charge in [-0.1, -0.05) is 52.8 Å². The first-order valence-electron chi connectivity index (χ1n) is 12.4. The van der Waals surface area contributed by atoms with Crippen LogP contribution in [0.2, 0.25) is 0 Å². The highest BCUT2D eigenvalue weighted by molar-refractivity contribution is 5.84. The van der Waals surface area contributed by atoms with Gasteiger partial charge < -0.3 is 14.4 Å². The lowest BCUT2D eigenvalue weighted by atomic mass is 9.68. The van der Waals surface area contributed by atoms with Gasteiger partial charge in [0, 0.05) is 37.2 Å². The number of aryl methyl sites for hydroxylation is 2. The van der Waals surface area contributed by atoms with E-state index in [0.29, 0.717) is 19.3 Å². The van der Waals surface area contributed by atoms with Gasteiger partial charge in [-0.3, -0.25) is 0 Å². The lowest BCUT2D eigenvalue weighted by Gasteiger charge is -2.49. The Balaban J connectivity index is 1.92. The standard InChI is InChI=1S/C29H38N2O2/c1-7-24(30-23-13-9-8-11-20(23)2)33-27-21(12-10-18-32)19-22-26-25(27)29(5,6)15-17-31(26)16-14-28(22,3)4/h8-9,11,13,18-19H,7,10,12,14-17H2,1-6H3. The molecule has 4 rings (SSSR count). The van der Waals surface area contributed by atoms with Gasteiger partial charge in [-0.25, -0.2) is 4.99 Å². The van der Waals surface area contributed by atoms with Crippen LogP contribution in [-0.4, -0.2) is 25.3 Å². The minimum Gasteiger partial charge on any atom is -0.442 e. The molecule has 0 aromatic heterocycles. The quantitative estimate of drug-likeness (QED) is 0.278. The number of benzene rings is 2. The summed E-state index contributed by atoms with van der Waals surface area (Å²) in [5, 5.41) is 0. The Hall–Kier alpha value is -2.62. The Kier molecular flexibility index (Phi) is 6.39. The summed E-state index contributed by atoms with van der Waals surface area (Å²) >= 11 is 0. The van der Waals surface area contributed by atoms with Gasteiger partial charge in [-0.2, -0.15) is 0 Å². The molecule has 0 spiro atoms.